The Morgan fingerprint density at radius 3 is 3.24 bits per heavy atom. The van der Waals surface area contributed by atoms with Crippen LogP contribution in [0.3, 0.4) is 0 Å². The number of thiazole rings is 1. The molecular formula is C11H13N3O2S. The highest BCUT2D eigenvalue weighted by Crippen LogP contribution is 2.28. The number of hydrogen-bond acceptors (Lipinski definition) is 4. The van der Waals surface area contributed by atoms with E-state index < -0.39 is 0 Å². The third kappa shape index (κ3) is 1.72. The fourth-order valence-electron chi connectivity index (χ4n) is 2.67. The van der Waals surface area contributed by atoms with Crippen molar-refractivity contribution in [1.82, 2.24) is 15.2 Å². The van der Waals surface area contributed by atoms with Crippen LogP contribution in [0.15, 0.2) is 10.9 Å². The van der Waals surface area contributed by atoms with Crippen LogP contribution in [-0.4, -0.2) is 40.8 Å². The smallest absolute Gasteiger partial charge is 0.273 e. The second-order valence-electron chi connectivity index (χ2n) is 4.43. The Bertz CT molecular complexity index is 446. The molecule has 90 valence electrons. The Morgan fingerprint density at radius 1 is 1.59 bits per heavy atom. The van der Waals surface area contributed by atoms with E-state index in [4.69, 9.17) is 0 Å². The average Bonchev–Trinajstić information content (AvgIpc) is 2.98. The minimum atomic E-state index is -0.0440. The summed E-state index contributed by atoms with van der Waals surface area (Å²) in [6.07, 6.45) is 1.78. The molecule has 0 saturated carbocycles. The molecule has 2 atom stereocenters. The third-order valence-corrected chi connectivity index (χ3v) is 4.10. The van der Waals surface area contributed by atoms with Gasteiger partial charge in [0.05, 0.1) is 17.5 Å². The fourth-order valence-corrected chi connectivity index (χ4v) is 3.19. The van der Waals surface area contributed by atoms with Crippen LogP contribution in [0.2, 0.25) is 0 Å². The molecule has 2 saturated heterocycles. The molecule has 0 radical (unpaired) electrons. The van der Waals surface area contributed by atoms with E-state index in [0.29, 0.717) is 12.2 Å². The van der Waals surface area contributed by atoms with E-state index in [-0.39, 0.29) is 23.8 Å². The van der Waals surface area contributed by atoms with Gasteiger partial charge < -0.3 is 10.2 Å². The molecule has 2 amide bonds. The molecule has 1 N–H and O–H groups in total. The SMILES string of the molecule is O=C1NCC2C1CCCN2C(=O)c1cscn1. The molecule has 2 fully saturated rings. The van der Waals surface area contributed by atoms with Crippen molar-refractivity contribution in [2.75, 3.05) is 13.1 Å². The normalized spacial score (nSPS) is 27.8. The van der Waals surface area contributed by atoms with Crippen LogP contribution < -0.4 is 5.32 Å². The van der Waals surface area contributed by atoms with Crippen molar-refractivity contribution in [2.24, 2.45) is 5.92 Å². The lowest BCUT2D eigenvalue weighted by atomic mass is 9.91. The van der Waals surface area contributed by atoms with Crippen molar-refractivity contribution < 1.29 is 9.59 Å². The number of rotatable bonds is 1. The Kier molecular flexibility index (Phi) is 2.58. The summed E-state index contributed by atoms with van der Waals surface area (Å²) in [7, 11) is 0. The number of fused-ring (bicyclic) bond motifs is 1. The predicted molar refractivity (Wildman–Crippen MR) is 62.7 cm³/mol. The number of nitrogens with one attached hydrogen (secondary N) is 1. The molecule has 5 nitrogen and oxygen atoms in total. The van der Waals surface area contributed by atoms with Gasteiger partial charge in [0.15, 0.2) is 0 Å². The molecule has 2 aliphatic rings. The molecule has 0 aliphatic carbocycles. The van der Waals surface area contributed by atoms with Crippen LogP contribution in [0.25, 0.3) is 0 Å². The van der Waals surface area contributed by atoms with Gasteiger partial charge in [0.1, 0.15) is 5.69 Å². The Hall–Kier alpha value is -1.43. The predicted octanol–water partition coefficient (Wildman–Crippen LogP) is 0.494. The summed E-state index contributed by atoms with van der Waals surface area (Å²) < 4.78 is 0. The Morgan fingerprint density at radius 2 is 2.47 bits per heavy atom. The number of piperidine rings is 1. The molecule has 2 unspecified atom stereocenters. The lowest BCUT2D eigenvalue weighted by molar-refractivity contribution is -0.123. The summed E-state index contributed by atoms with van der Waals surface area (Å²) in [6, 6.07) is 0.0189. The zero-order valence-electron chi connectivity index (χ0n) is 9.26. The van der Waals surface area contributed by atoms with Crippen LogP contribution in [0.4, 0.5) is 0 Å². The quantitative estimate of drug-likeness (QED) is 0.790. The maximum absolute atomic E-state index is 12.2. The minimum Gasteiger partial charge on any atom is -0.354 e. The molecular weight excluding hydrogens is 238 g/mol. The number of carbonyl (C=O) groups is 2. The number of hydrogen-bond donors (Lipinski definition) is 1. The van der Waals surface area contributed by atoms with Gasteiger partial charge in [0, 0.05) is 18.5 Å². The summed E-state index contributed by atoms with van der Waals surface area (Å²) >= 11 is 1.42. The number of likely N-dealkylation sites (tertiary alicyclic amines) is 1. The molecule has 1 aromatic rings. The average molecular weight is 251 g/mol. The minimum absolute atomic E-state index is 0.0189. The van der Waals surface area contributed by atoms with Crippen LogP contribution in [0.5, 0.6) is 0 Å². The highest BCUT2D eigenvalue weighted by Gasteiger charge is 2.42. The standard InChI is InChI=1S/C11H13N3O2S/c15-10-7-2-1-3-14(9(7)4-12-10)11(16)8-5-17-6-13-8/h5-7,9H,1-4H2,(H,12,15). The van der Waals surface area contributed by atoms with Crippen LogP contribution in [0.1, 0.15) is 23.3 Å². The third-order valence-electron chi connectivity index (χ3n) is 3.51. The van der Waals surface area contributed by atoms with E-state index in [1.807, 2.05) is 0 Å². The van der Waals surface area contributed by atoms with Gasteiger partial charge in [0.25, 0.3) is 5.91 Å². The zero-order valence-corrected chi connectivity index (χ0v) is 10.1. The first-order chi connectivity index (χ1) is 8.27. The van der Waals surface area contributed by atoms with E-state index in [2.05, 4.69) is 10.3 Å². The number of carbonyl (C=O) groups excluding carboxylic acids is 2. The maximum Gasteiger partial charge on any atom is 0.273 e. The first kappa shape index (κ1) is 10.7. The van der Waals surface area contributed by atoms with Crippen molar-refractivity contribution >= 4 is 23.2 Å². The fraction of sp³-hybridized carbons (Fsp3) is 0.545. The Labute approximate surface area is 103 Å². The zero-order chi connectivity index (χ0) is 11.8. The highest BCUT2D eigenvalue weighted by molar-refractivity contribution is 7.07. The van der Waals surface area contributed by atoms with Crippen molar-refractivity contribution in [1.29, 1.82) is 0 Å². The second-order valence-corrected chi connectivity index (χ2v) is 5.15. The molecule has 6 heteroatoms. The molecule has 3 rings (SSSR count). The molecule has 2 aliphatic heterocycles. The van der Waals surface area contributed by atoms with Gasteiger partial charge in [-0.05, 0) is 12.8 Å². The van der Waals surface area contributed by atoms with Crippen molar-refractivity contribution in [3.05, 3.63) is 16.6 Å². The summed E-state index contributed by atoms with van der Waals surface area (Å²) in [6.45, 7) is 1.31. The largest absolute Gasteiger partial charge is 0.354 e. The first-order valence-corrected chi connectivity index (χ1v) is 6.68. The second kappa shape index (κ2) is 4.10. The van der Waals surface area contributed by atoms with Gasteiger partial charge in [-0.3, -0.25) is 9.59 Å². The monoisotopic (exact) mass is 251 g/mol. The van der Waals surface area contributed by atoms with E-state index >= 15 is 0 Å². The van der Waals surface area contributed by atoms with E-state index in [0.717, 1.165) is 19.4 Å². The summed E-state index contributed by atoms with van der Waals surface area (Å²) in [5.74, 6) is 0.0227. The lowest BCUT2D eigenvalue weighted by Gasteiger charge is -2.35. The lowest BCUT2D eigenvalue weighted by Crippen LogP contribution is -2.48. The van der Waals surface area contributed by atoms with Crippen LogP contribution >= 0.6 is 11.3 Å². The number of amides is 2. The van der Waals surface area contributed by atoms with E-state index in [1.54, 1.807) is 15.8 Å². The van der Waals surface area contributed by atoms with Gasteiger partial charge >= 0.3 is 0 Å². The number of aromatic nitrogens is 1. The molecule has 0 spiro atoms. The van der Waals surface area contributed by atoms with Gasteiger partial charge in [-0.2, -0.15) is 0 Å². The topological polar surface area (TPSA) is 62.3 Å². The summed E-state index contributed by atoms with van der Waals surface area (Å²) in [5.41, 5.74) is 2.15. The Balaban J connectivity index is 1.83. The maximum atomic E-state index is 12.2. The van der Waals surface area contributed by atoms with Gasteiger partial charge in [-0.1, -0.05) is 0 Å². The van der Waals surface area contributed by atoms with Gasteiger partial charge in [0.2, 0.25) is 5.91 Å². The van der Waals surface area contributed by atoms with Gasteiger partial charge in [-0.25, -0.2) is 4.98 Å². The number of nitrogens with zero attached hydrogens (tertiary/aromatic N) is 2. The molecule has 1 aromatic heterocycles. The van der Waals surface area contributed by atoms with Crippen molar-refractivity contribution in [3.8, 4) is 0 Å². The van der Waals surface area contributed by atoms with Crippen LogP contribution in [0, 0.1) is 5.92 Å². The van der Waals surface area contributed by atoms with Crippen molar-refractivity contribution in [2.45, 2.75) is 18.9 Å². The highest BCUT2D eigenvalue weighted by atomic mass is 32.1. The van der Waals surface area contributed by atoms with Crippen LogP contribution in [-0.2, 0) is 4.79 Å². The van der Waals surface area contributed by atoms with E-state index in [1.165, 1.54) is 11.3 Å². The summed E-state index contributed by atoms with van der Waals surface area (Å²) in [5, 5.41) is 4.60. The molecule has 17 heavy (non-hydrogen) atoms. The molecule has 0 bridgehead atoms. The van der Waals surface area contributed by atoms with E-state index in [9.17, 15) is 9.59 Å². The summed E-state index contributed by atoms with van der Waals surface area (Å²) in [4.78, 5) is 29.7. The van der Waals surface area contributed by atoms with Gasteiger partial charge in [-0.15, -0.1) is 11.3 Å². The molecule has 0 aromatic carbocycles. The molecule has 3 heterocycles. The van der Waals surface area contributed by atoms with Crippen molar-refractivity contribution in [3.63, 3.8) is 0 Å². The first-order valence-electron chi connectivity index (χ1n) is 5.74.